The Hall–Kier alpha value is -3.87. The first-order valence-corrected chi connectivity index (χ1v) is 8.16. The summed E-state index contributed by atoms with van der Waals surface area (Å²) in [5, 5.41) is 13.0. The molecule has 0 saturated heterocycles. The normalized spacial score (nSPS) is 14.4. The smallest absolute Gasteiger partial charge is 0.277 e. The van der Waals surface area contributed by atoms with Crippen molar-refractivity contribution < 1.29 is 19.4 Å². The summed E-state index contributed by atoms with van der Waals surface area (Å²) in [6, 6.07) is 12.2. The van der Waals surface area contributed by atoms with E-state index in [-0.39, 0.29) is 17.0 Å². The SMILES string of the molecule is COc1ccc(C=NC2=C(c3c[nH]c4ccccc34)C(=O)NC2=O)cc1O. The predicted octanol–water partition coefficient (Wildman–Crippen LogP) is 2.37. The van der Waals surface area contributed by atoms with Crippen LogP contribution < -0.4 is 10.1 Å². The molecule has 2 heterocycles. The Balaban J connectivity index is 1.79. The highest BCUT2D eigenvalue weighted by Crippen LogP contribution is 2.31. The van der Waals surface area contributed by atoms with Crippen molar-refractivity contribution in [3.05, 3.63) is 65.5 Å². The molecule has 134 valence electrons. The number of hydrogen-bond acceptors (Lipinski definition) is 5. The lowest BCUT2D eigenvalue weighted by Gasteiger charge is -2.03. The molecule has 2 aromatic carbocycles. The molecule has 7 nitrogen and oxygen atoms in total. The third kappa shape index (κ3) is 2.85. The lowest BCUT2D eigenvalue weighted by molar-refractivity contribution is -0.123. The maximum atomic E-state index is 12.4. The van der Waals surface area contributed by atoms with E-state index < -0.39 is 11.8 Å². The van der Waals surface area contributed by atoms with Crippen LogP contribution in [-0.4, -0.2) is 35.2 Å². The third-order valence-electron chi connectivity index (χ3n) is 4.31. The first kappa shape index (κ1) is 16.6. The van der Waals surface area contributed by atoms with E-state index in [1.165, 1.54) is 19.4 Å². The second-order valence-corrected chi connectivity index (χ2v) is 5.94. The van der Waals surface area contributed by atoms with Crippen molar-refractivity contribution in [1.29, 1.82) is 0 Å². The molecule has 3 N–H and O–H groups in total. The number of phenols is 1. The fourth-order valence-electron chi connectivity index (χ4n) is 3.02. The Morgan fingerprint density at radius 1 is 1.11 bits per heavy atom. The van der Waals surface area contributed by atoms with Crippen molar-refractivity contribution in [2.75, 3.05) is 7.11 Å². The van der Waals surface area contributed by atoms with Crippen LogP contribution in [0.25, 0.3) is 16.5 Å². The van der Waals surface area contributed by atoms with Gasteiger partial charge in [-0.15, -0.1) is 0 Å². The zero-order chi connectivity index (χ0) is 19.0. The third-order valence-corrected chi connectivity index (χ3v) is 4.31. The van der Waals surface area contributed by atoms with Crippen LogP contribution in [0.4, 0.5) is 0 Å². The number of nitrogens with zero attached hydrogens (tertiary/aromatic N) is 1. The molecule has 27 heavy (non-hydrogen) atoms. The van der Waals surface area contributed by atoms with Gasteiger partial charge in [0.25, 0.3) is 11.8 Å². The fourth-order valence-corrected chi connectivity index (χ4v) is 3.02. The Labute approximate surface area is 154 Å². The Morgan fingerprint density at radius 3 is 2.70 bits per heavy atom. The summed E-state index contributed by atoms with van der Waals surface area (Å²) in [7, 11) is 1.45. The summed E-state index contributed by atoms with van der Waals surface area (Å²) in [6.45, 7) is 0. The number of benzene rings is 2. The summed E-state index contributed by atoms with van der Waals surface area (Å²) >= 11 is 0. The molecule has 0 atom stereocenters. The number of rotatable bonds is 4. The molecule has 7 heteroatoms. The molecule has 0 aliphatic carbocycles. The van der Waals surface area contributed by atoms with Gasteiger partial charge in [0, 0.05) is 28.9 Å². The molecule has 2 amide bonds. The quantitative estimate of drug-likeness (QED) is 0.490. The van der Waals surface area contributed by atoms with Crippen molar-refractivity contribution >= 4 is 34.5 Å². The fraction of sp³-hybridized carbons (Fsp3) is 0.0500. The van der Waals surface area contributed by atoms with Gasteiger partial charge in [0.2, 0.25) is 0 Å². The number of H-pyrrole nitrogens is 1. The summed E-state index contributed by atoms with van der Waals surface area (Å²) in [6.07, 6.45) is 3.11. The molecule has 3 aromatic rings. The number of carbonyl (C=O) groups excluding carboxylic acids is 2. The van der Waals surface area contributed by atoms with Gasteiger partial charge < -0.3 is 14.8 Å². The van der Waals surface area contributed by atoms with Crippen molar-refractivity contribution in [1.82, 2.24) is 10.3 Å². The van der Waals surface area contributed by atoms with Gasteiger partial charge in [0.05, 0.1) is 12.7 Å². The molecule has 4 rings (SSSR count). The highest BCUT2D eigenvalue weighted by Gasteiger charge is 2.32. The first-order valence-electron chi connectivity index (χ1n) is 8.16. The number of hydrogen-bond donors (Lipinski definition) is 3. The van der Waals surface area contributed by atoms with Crippen molar-refractivity contribution in [2.45, 2.75) is 0 Å². The van der Waals surface area contributed by atoms with Gasteiger partial charge in [-0.25, -0.2) is 4.99 Å². The zero-order valence-electron chi connectivity index (χ0n) is 14.3. The first-order chi connectivity index (χ1) is 13.1. The van der Waals surface area contributed by atoms with Crippen LogP contribution in [0, 0.1) is 0 Å². The molecule has 1 aliphatic heterocycles. The number of aromatic nitrogens is 1. The Morgan fingerprint density at radius 2 is 1.93 bits per heavy atom. The van der Waals surface area contributed by atoms with Gasteiger partial charge in [-0.3, -0.25) is 14.9 Å². The van der Waals surface area contributed by atoms with Crippen LogP contribution in [0.1, 0.15) is 11.1 Å². The predicted molar refractivity (Wildman–Crippen MR) is 101 cm³/mol. The van der Waals surface area contributed by atoms with Gasteiger partial charge in [-0.1, -0.05) is 18.2 Å². The van der Waals surface area contributed by atoms with Crippen molar-refractivity contribution in [2.24, 2.45) is 4.99 Å². The number of phenolic OH excluding ortho intramolecular Hbond substituents is 1. The van der Waals surface area contributed by atoms with Gasteiger partial charge in [0.1, 0.15) is 5.70 Å². The second kappa shape index (κ2) is 6.45. The van der Waals surface area contributed by atoms with Crippen molar-refractivity contribution in [3.63, 3.8) is 0 Å². The largest absolute Gasteiger partial charge is 0.504 e. The van der Waals surface area contributed by atoms with Crippen LogP contribution >= 0.6 is 0 Å². The lowest BCUT2D eigenvalue weighted by atomic mass is 10.0. The number of para-hydroxylation sites is 1. The van der Waals surface area contributed by atoms with Crippen LogP contribution in [-0.2, 0) is 9.59 Å². The average Bonchev–Trinajstić information content (AvgIpc) is 3.20. The number of carbonyl (C=O) groups is 2. The average molecular weight is 361 g/mol. The van der Waals surface area contributed by atoms with Crippen molar-refractivity contribution in [3.8, 4) is 11.5 Å². The molecule has 0 fully saturated rings. The minimum absolute atomic E-state index is 0.0278. The number of amides is 2. The number of nitrogens with one attached hydrogen (secondary N) is 2. The molecule has 0 unspecified atom stereocenters. The monoisotopic (exact) mass is 361 g/mol. The van der Waals surface area contributed by atoms with Gasteiger partial charge >= 0.3 is 0 Å². The second-order valence-electron chi connectivity index (χ2n) is 5.94. The maximum Gasteiger partial charge on any atom is 0.277 e. The molecular weight excluding hydrogens is 346 g/mol. The van der Waals surface area contributed by atoms with E-state index in [0.717, 1.165) is 10.9 Å². The van der Waals surface area contributed by atoms with E-state index >= 15 is 0 Å². The summed E-state index contributed by atoms with van der Waals surface area (Å²) < 4.78 is 5.00. The van der Waals surface area contributed by atoms with E-state index in [4.69, 9.17) is 4.74 Å². The van der Waals surface area contributed by atoms with Gasteiger partial charge in [-0.05, 0) is 29.8 Å². The minimum Gasteiger partial charge on any atom is -0.504 e. The molecule has 0 spiro atoms. The molecule has 0 bridgehead atoms. The summed E-state index contributed by atoms with van der Waals surface area (Å²) in [4.78, 5) is 31.9. The molecule has 0 radical (unpaired) electrons. The van der Waals surface area contributed by atoms with E-state index in [0.29, 0.717) is 16.9 Å². The van der Waals surface area contributed by atoms with Crippen LogP contribution in [0.15, 0.2) is 59.4 Å². The highest BCUT2D eigenvalue weighted by molar-refractivity contribution is 6.37. The topological polar surface area (TPSA) is 104 Å². The molecule has 1 aromatic heterocycles. The number of fused-ring (bicyclic) bond motifs is 1. The van der Waals surface area contributed by atoms with Crippen LogP contribution in [0.3, 0.4) is 0 Å². The lowest BCUT2D eigenvalue weighted by Crippen LogP contribution is -2.22. The zero-order valence-corrected chi connectivity index (χ0v) is 14.3. The number of aliphatic imine (C=N–C) groups is 1. The molecule has 0 saturated carbocycles. The summed E-state index contributed by atoms with van der Waals surface area (Å²) in [5.41, 5.74) is 2.27. The number of aromatic hydroxyl groups is 1. The molecule has 1 aliphatic rings. The van der Waals surface area contributed by atoms with Crippen LogP contribution in [0.2, 0.25) is 0 Å². The van der Waals surface area contributed by atoms with Crippen LogP contribution in [0.5, 0.6) is 11.5 Å². The maximum absolute atomic E-state index is 12.4. The number of aromatic amines is 1. The standard InChI is InChI=1S/C20H15N3O4/c1-27-16-7-6-11(8-15(16)24)9-22-18-17(19(25)23-20(18)26)13-10-21-14-5-3-2-4-12(13)14/h2-10,21,24H,1H3,(H,23,25,26). The van der Waals surface area contributed by atoms with Gasteiger partial charge in [-0.2, -0.15) is 0 Å². The Bertz CT molecular complexity index is 1140. The van der Waals surface area contributed by atoms with E-state index in [1.54, 1.807) is 18.3 Å². The van der Waals surface area contributed by atoms with E-state index in [1.807, 2.05) is 24.3 Å². The number of methoxy groups -OCH3 is 1. The molecular formula is C20H15N3O4. The highest BCUT2D eigenvalue weighted by atomic mass is 16.5. The van der Waals surface area contributed by atoms with E-state index in [2.05, 4.69) is 15.3 Å². The minimum atomic E-state index is -0.561. The number of ether oxygens (including phenoxy) is 1. The number of imide groups is 1. The Kier molecular flexibility index (Phi) is 3.97. The van der Waals surface area contributed by atoms with E-state index in [9.17, 15) is 14.7 Å². The summed E-state index contributed by atoms with van der Waals surface area (Å²) in [5.74, 6) is -0.761. The van der Waals surface area contributed by atoms with Gasteiger partial charge in [0.15, 0.2) is 11.5 Å².